The van der Waals surface area contributed by atoms with Gasteiger partial charge in [0.15, 0.2) is 0 Å². The van der Waals surface area contributed by atoms with Gasteiger partial charge >= 0.3 is 0 Å². The lowest BCUT2D eigenvalue weighted by atomic mass is 9.74. The monoisotopic (exact) mass is 264 g/mol. The van der Waals surface area contributed by atoms with Crippen molar-refractivity contribution in [1.29, 1.82) is 0 Å². The molecule has 0 aliphatic heterocycles. The second-order valence-electron chi connectivity index (χ2n) is 7.57. The predicted molar refractivity (Wildman–Crippen MR) is 81.0 cm³/mol. The average Bonchev–Trinajstić information content (AvgIpc) is 3.32. The van der Waals surface area contributed by atoms with Gasteiger partial charge in [0.1, 0.15) is 0 Å². The van der Waals surface area contributed by atoms with Crippen LogP contribution in [0, 0.1) is 23.7 Å². The molecule has 0 aromatic rings. The number of hydrogen-bond acceptors (Lipinski definition) is 2. The van der Waals surface area contributed by atoms with E-state index in [2.05, 4.69) is 12.2 Å². The van der Waals surface area contributed by atoms with Crippen LogP contribution in [0.3, 0.4) is 0 Å². The lowest BCUT2D eigenvalue weighted by Crippen LogP contribution is -2.55. The Hall–Kier alpha value is -0.0800. The molecule has 2 nitrogen and oxygen atoms in total. The molecular weight excluding hydrogens is 232 g/mol. The lowest BCUT2D eigenvalue weighted by molar-refractivity contribution is 0.167. The quantitative estimate of drug-likeness (QED) is 0.740. The van der Waals surface area contributed by atoms with Gasteiger partial charge < -0.3 is 11.1 Å². The fourth-order valence-electron chi connectivity index (χ4n) is 4.35. The first kappa shape index (κ1) is 13.9. The molecule has 3 rings (SSSR count). The Labute approximate surface area is 118 Å². The summed E-state index contributed by atoms with van der Waals surface area (Å²) in [6.07, 6.45) is 12.7. The van der Waals surface area contributed by atoms with Crippen LogP contribution >= 0.6 is 0 Å². The van der Waals surface area contributed by atoms with Crippen LogP contribution in [0.15, 0.2) is 0 Å². The lowest BCUT2D eigenvalue weighted by Gasteiger charge is -2.42. The van der Waals surface area contributed by atoms with Gasteiger partial charge in [-0.15, -0.1) is 0 Å². The zero-order valence-corrected chi connectivity index (χ0v) is 12.7. The third kappa shape index (κ3) is 3.33. The standard InChI is InChI=1S/C17H32N2/c1-2-13-4-3-9-17(10-13,12-18)19-11-16(14-5-6-14)15-7-8-15/h13-16,19H,2-12,18H2,1H3. The van der Waals surface area contributed by atoms with E-state index in [1.165, 1.54) is 64.3 Å². The molecule has 3 aliphatic carbocycles. The Morgan fingerprint density at radius 3 is 2.37 bits per heavy atom. The molecule has 0 heterocycles. The van der Waals surface area contributed by atoms with Crippen molar-refractivity contribution >= 4 is 0 Å². The van der Waals surface area contributed by atoms with Gasteiger partial charge in [-0.25, -0.2) is 0 Å². The normalized spacial score (nSPS) is 35.8. The highest BCUT2D eigenvalue weighted by molar-refractivity contribution is 4.98. The van der Waals surface area contributed by atoms with Crippen molar-refractivity contribution in [2.75, 3.05) is 13.1 Å². The van der Waals surface area contributed by atoms with Crippen LogP contribution < -0.4 is 11.1 Å². The van der Waals surface area contributed by atoms with Crippen molar-refractivity contribution in [1.82, 2.24) is 5.32 Å². The van der Waals surface area contributed by atoms with Crippen LogP contribution in [0.1, 0.15) is 64.7 Å². The zero-order valence-electron chi connectivity index (χ0n) is 12.7. The molecule has 3 saturated carbocycles. The number of rotatable bonds is 7. The Bertz CT molecular complexity index is 284. The van der Waals surface area contributed by atoms with E-state index in [1.54, 1.807) is 0 Å². The van der Waals surface area contributed by atoms with E-state index in [-0.39, 0.29) is 5.54 Å². The molecule has 0 radical (unpaired) electrons. The van der Waals surface area contributed by atoms with Crippen LogP contribution in [0.25, 0.3) is 0 Å². The summed E-state index contributed by atoms with van der Waals surface area (Å²) in [4.78, 5) is 0. The predicted octanol–water partition coefficient (Wildman–Crippen LogP) is 3.31. The van der Waals surface area contributed by atoms with Crippen LogP contribution in [-0.2, 0) is 0 Å². The van der Waals surface area contributed by atoms with E-state index in [0.717, 1.165) is 30.2 Å². The molecule has 2 unspecified atom stereocenters. The van der Waals surface area contributed by atoms with Gasteiger partial charge in [-0.05, 0) is 68.7 Å². The van der Waals surface area contributed by atoms with Crippen LogP contribution in [-0.4, -0.2) is 18.6 Å². The molecular formula is C17H32N2. The Balaban J connectivity index is 1.55. The molecule has 3 aliphatic rings. The van der Waals surface area contributed by atoms with Crippen molar-refractivity contribution in [3.05, 3.63) is 0 Å². The van der Waals surface area contributed by atoms with Gasteiger partial charge in [-0.1, -0.05) is 26.2 Å². The largest absolute Gasteiger partial charge is 0.329 e. The Kier molecular flexibility index (Phi) is 4.19. The first-order valence-electron chi connectivity index (χ1n) is 8.71. The molecule has 110 valence electrons. The van der Waals surface area contributed by atoms with E-state index in [9.17, 15) is 0 Å². The molecule has 0 bridgehead atoms. The van der Waals surface area contributed by atoms with E-state index >= 15 is 0 Å². The minimum Gasteiger partial charge on any atom is -0.329 e. The van der Waals surface area contributed by atoms with E-state index in [1.807, 2.05) is 0 Å². The van der Waals surface area contributed by atoms with Gasteiger partial charge in [0.2, 0.25) is 0 Å². The highest BCUT2D eigenvalue weighted by Gasteiger charge is 2.43. The smallest absolute Gasteiger partial charge is 0.0306 e. The minimum atomic E-state index is 0.279. The van der Waals surface area contributed by atoms with E-state index in [0.29, 0.717) is 0 Å². The van der Waals surface area contributed by atoms with Gasteiger partial charge in [-0.3, -0.25) is 0 Å². The van der Waals surface area contributed by atoms with Crippen LogP contribution in [0.4, 0.5) is 0 Å². The highest BCUT2D eigenvalue weighted by Crippen LogP contribution is 2.49. The zero-order chi connectivity index (χ0) is 13.3. The molecule has 3 fully saturated rings. The number of nitrogens with one attached hydrogen (secondary N) is 1. The fourth-order valence-corrected chi connectivity index (χ4v) is 4.35. The van der Waals surface area contributed by atoms with E-state index < -0.39 is 0 Å². The summed E-state index contributed by atoms with van der Waals surface area (Å²) in [5.41, 5.74) is 6.44. The fraction of sp³-hybridized carbons (Fsp3) is 1.00. The third-order valence-corrected chi connectivity index (χ3v) is 6.08. The van der Waals surface area contributed by atoms with E-state index in [4.69, 9.17) is 5.73 Å². The summed E-state index contributed by atoms with van der Waals surface area (Å²) in [7, 11) is 0. The first-order chi connectivity index (χ1) is 9.26. The van der Waals surface area contributed by atoms with Crippen molar-refractivity contribution in [2.45, 2.75) is 70.3 Å². The minimum absolute atomic E-state index is 0.279. The molecule has 0 saturated heterocycles. The molecule has 2 atom stereocenters. The maximum Gasteiger partial charge on any atom is 0.0306 e. The summed E-state index contributed by atoms with van der Waals surface area (Å²) in [5.74, 6) is 4.00. The molecule has 0 aromatic carbocycles. The second kappa shape index (κ2) is 5.73. The average molecular weight is 264 g/mol. The molecule has 3 N–H and O–H groups in total. The summed E-state index contributed by atoms with van der Waals surface area (Å²) >= 11 is 0. The van der Waals surface area contributed by atoms with Gasteiger partial charge in [0.05, 0.1) is 0 Å². The summed E-state index contributed by atoms with van der Waals surface area (Å²) in [5, 5.41) is 3.97. The van der Waals surface area contributed by atoms with Gasteiger partial charge in [-0.2, -0.15) is 0 Å². The Morgan fingerprint density at radius 1 is 1.16 bits per heavy atom. The molecule has 0 spiro atoms. The first-order valence-corrected chi connectivity index (χ1v) is 8.71. The van der Waals surface area contributed by atoms with Gasteiger partial charge in [0.25, 0.3) is 0 Å². The second-order valence-corrected chi connectivity index (χ2v) is 7.57. The summed E-state index contributed by atoms with van der Waals surface area (Å²) < 4.78 is 0. The summed E-state index contributed by atoms with van der Waals surface area (Å²) in [6, 6.07) is 0. The number of nitrogens with two attached hydrogens (primary N) is 1. The van der Waals surface area contributed by atoms with Crippen LogP contribution in [0.5, 0.6) is 0 Å². The van der Waals surface area contributed by atoms with Gasteiger partial charge in [0, 0.05) is 12.1 Å². The van der Waals surface area contributed by atoms with Crippen molar-refractivity contribution < 1.29 is 0 Å². The van der Waals surface area contributed by atoms with Crippen molar-refractivity contribution in [3.8, 4) is 0 Å². The molecule has 0 amide bonds. The maximum atomic E-state index is 6.16. The van der Waals surface area contributed by atoms with Crippen LogP contribution in [0.2, 0.25) is 0 Å². The Morgan fingerprint density at radius 2 is 1.84 bits per heavy atom. The van der Waals surface area contributed by atoms with Crippen molar-refractivity contribution in [2.24, 2.45) is 29.4 Å². The highest BCUT2D eigenvalue weighted by atomic mass is 15.0. The maximum absolute atomic E-state index is 6.16. The molecule has 19 heavy (non-hydrogen) atoms. The van der Waals surface area contributed by atoms with Crippen molar-refractivity contribution in [3.63, 3.8) is 0 Å². The number of hydrogen-bond donors (Lipinski definition) is 2. The molecule has 2 heteroatoms. The SMILES string of the molecule is CCC1CCCC(CN)(NCC(C2CC2)C2CC2)C1. The summed E-state index contributed by atoms with van der Waals surface area (Å²) in [6.45, 7) is 4.43. The third-order valence-electron chi connectivity index (χ3n) is 6.08. The molecule has 0 aromatic heterocycles. The topological polar surface area (TPSA) is 38.0 Å².